The molecule has 1 N–H and O–H groups in total. The third-order valence-electron chi connectivity index (χ3n) is 5.41. The van der Waals surface area contributed by atoms with Crippen LogP contribution in [-0.4, -0.2) is 33.8 Å². The third kappa shape index (κ3) is 4.71. The van der Waals surface area contributed by atoms with Gasteiger partial charge in [-0.25, -0.2) is 9.97 Å². The van der Waals surface area contributed by atoms with Crippen molar-refractivity contribution in [1.29, 1.82) is 0 Å². The summed E-state index contributed by atoms with van der Waals surface area (Å²) in [7, 11) is 0. The summed E-state index contributed by atoms with van der Waals surface area (Å²) >= 11 is 6.15. The largest absolute Gasteiger partial charge is 0.381 e. The summed E-state index contributed by atoms with van der Waals surface area (Å²) < 4.78 is 7.14. The second-order valence-corrected chi connectivity index (χ2v) is 7.87. The first-order valence-corrected chi connectivity index (χ1v) is 10.7. The van der Waals surface area contributed by atoms with Crippen LogP contribution in [0, 0.1) is 0 Å². The van der Waals surface area contributed by atoms with Gasteiger partial charge in [-0.2, -0.15) is 0 Å². The molecule has 1 aliphatic heterocycles. The topological polar surface area (TPSA) is 69.0 Å². The minimum atomic E-state index is -0.0723. The molecule has 1 aromatic carbocycles. The summed E-state index contributed by atoms with van der Waals surface area (Å²) in [5.41, 5.74) is 2.44. The highest BCUT2D eigenvalue weighted by molar-refractivity contribution is 6.30. The van der Waals surface area contributed by atoms with Crippen LogP contribution in [0.3, 0.4) is 0 Å². The fourth-order valence-electron chi connectivity index (χ4n) is 3.83. The van der Waals surface area contributed by atoms with E-state index in [0.29, 0.717) is 17.0 Å². The molecule has 6 nitrogen and oxygen atoms in total. The van der Waals surface area contributed by atoms with Crippen molar-refractivity contribution in [2.45, 2.75) is 38.3 Å². The second kappa shape index (κ2) is 9.41. The van der Waals surface area contributed by atoms with Gasteiger partial charge in [-0.05, 0) is 49.1 Å². The van der Waals surface area contributed by atoms with Gasteiger partial charge in [0.15, 0.2) is 0 Å². The lowest BCUT2D eigenvalue weighted by molar-refractivity contribution is 0.0903. The molecular weight excluding hydrogens is 400 g/mol. The minimum Gasteiger partial charge on any atom is -0.381 e. The molecular formula is C23H25ClN4O2. The Morgan fingerprint density at radius 2 is 2.07 bits per heavy atom. The van der Waals surface area contributed by atoms with Gasteiger partial charge in [-0.1, -0.05) is 30.7 Å². The third-order valence-corrected chi connectivity index (χ3v) is 5.65. The maximum atomic E-state index is 12.9. The average Bonchev–Trinajstić information content (AvgIpc) is 2.76. The van der Waals surface area contributed by atoms with Gasteiger partial charge < -0.3 is 14.6 Å². The van der Waals surface area contributed by atoms with Crippen LogP contribution in [0.25, 0.3) is 11.3 Å². The number of hydrogen-bond donors (Lipinski definition) is 1. The summed E-state index contributed by atoms with van der Waals surface area (Å²) in [6, 6.07) is 13.3. The molecule has 156 valence electrons. The molecule has 1 fully saturated rings. The zero-order valence-corrected chi connectivity index (χ0v) is 17.7. The highest BCUT2D eigenvalue weighted by Gasteiger charge is 2.16. The van der Waals surface area contributed by atoms with Crippen molar-refractivity contribution in [2.24, 2.45) is 0 Å². The molecule has 0 amide bonds. The quantitative estimate of drug-likeness (QED) is 0.628. The van der Waals surface area contributed by atoms with Crippen molar-refractivity contribution in [3.8, 4) is 11.3 Å². The van der Waals surface area contributed by atoms with Crippen LogP contribution in [0.4, 0.5) is 5.95 Å². The molecule has 0 bridgehead atoms. The molecule has 0 saturated carbocycles. The summed E-state index contributed by atoms with van der Waals surface area (Å²) in [6.45, 7) is 3.56. The van der Waals surface area contributed by atoms with Crippen LogP contribution < -0.4 is 10.9 Å². The Bertz CT molecular complexity index is 1060. The summed E-state index contributed by atoms with van der Waals surface area (Å²) in [5, 5.41) is 4.04. The number of ether oxygens (including phenoxy) is 1. The monoisotopic (exact) mass is 424 g/mol. The SMILES string of the molecule is CC[C@H](c1cccc(Cl)c1)n1ccc(-c2ccnc(NC3CCOCC3)n2)cc1=O. The van der Waals surface area contributed by atoms with Crippen molar-refractivity contribution >= 4 is 17.5 Å². The Labute approximate surface area is 180 Å². The van der Waals surface area contributed by atoms with Crippen molar-refractivity contribution in [3.63, 3.8) is 0 Å². The molecule has 1 aliphatic rings. The fourth-order valence-corrected chi connectivity index (χ4v) is 4.03. The number of nitrogens with zero attached hydrogens (tertiary/aromatic N) is 3. The van der Waals surface area contributed by atoms with Gasteiger partial charge in [0.05, 0.1) is 11.7 Å². The number of aromatic nitrogens is 3. The molecule has 0 aliphatic carbocycles. The van der Waals surface area contributed by atoms with E-state index in [-0.39, 0.29) is 11.6 Å². The predicted molar refractivity (Wildman–Crippen MR) is 119 cm³/mol. The molecule has 7 heteroatoms. The van der Waals surface area contributed by atoms with E-state index in [4.69, 9.17) is 16.3 Å². The van der Waals surface area contributed by atoms with Crippen molar-refractivity contribution in [2.75, 3.05) is 18.5 Å². The summed E-state index contributed by atoms with van der Waals surface area (Å²) in [6.07, 6.45) is 6.21. The van der Waals surface area contributed by atoms with Crippen LogP contribution >= 0.6 is 11.6 Å². The number of anilines is 1. The first-order valence-electron chi connectivity index (χ1n) is 10.3. The summed E-state index contributed by atoms with van der Waals surface area (Å²) in [5.74, 6) is 0.578. The van der Waals surface area contributed by atoms with E-state index >= 15 is 0 Å². The van der Waals surface area contributed by atoms with Gasteiger partial charge in [0.2, 0.25) is 5.95 Å². The van der Waals surface area contributed by atoms with Crippen molar-refractivity contribution in [3.05, 3.63) is 75.8 Å². The first kappa shape index (κ1) is 20.6. The molecule has 1 saturated heterocycles. The normalized spacial score (nSPS) is 15.7. The highest BCUT2D eigenvalue weighted by Crippen LogP contribution is 2.24. The minimum absolute atomic E-state index is 0.0682. The van der Waals surface area contributed by atoms with Crippen LogP contribution in [0.5, 0.6) is 0 Å². The first-order chi connectivity index (χ1) is 14.6. The lowest BCUT2D eigenvalue weighted by atomic mass is 10.0. The smallest absolute Gasteiger partial charge is 0.251 e. The van der Waals surface area contributed by atoms with Crippen molar-refractivity contribution in [1.82, 2.24) is 14.5 Å². The molecule has 0 radical (unpaired) electrons. The summed E-state index contributed by atoms with van der Waals surface area (Å²) in [4.78, 5) is 21.9. The number of nitrogens with one attached hydrogen (secondary N) is 1. The number of hydrogen-bond acceptors (Lipinski definition) is 5. The predicted octanol–water partition coefficient (Wildman–Crippen LogP) is 4.55. The zero-order chi connectivity index (χ0) is 20.9. The van der Waals surface area contributed by atoms with Crippen molar-refractivity contribution < 1.29 is 4.74 Å². The molecule has 2 aromatic heterocycles. The Morgan fingerprint density at radius 3 is 2.80 bits per heavy atom. The van der Waals surface area contributed by atoms with E-state index in [1.807, 2.05) is 42.6 Å². The van der Waals surface area contributed by atoms with Gasteiger partial charge in [0.1, 0.15) is 0 Å². The highest BCUT2D eigenvalue weighted by atomic mass is 35.5. The lowest BCUT2D eigenvalue weighted by Gasteiger charge is -2.23. The van der Waals surface area contributed by atoms with E-state index in [1.54, 1.807) is 16.8 Å². The number of rotatable bonds is 6. The molecule has 1 atom stereocenters. The van der Waals surface area contributed by atoms with E-state index < -0.39 is 0 Å². The number of halogens is 1. The standard InChI is InChI=1S/C23H25ClN4O2/c1-2-21(17-4-3-5-18(24)14-17)28-11-7-16(15-22(28)29)20-6-10-25-23(27-20)26-19-8-12-30-13-9-19/h3-7,10-11,14-15,19,21H,2,8-9,12-13H2,1H3,(H,25,26,27)/t21-/m1/s1. The molecule has 3 heterocycles. The number of benzene rings is 1. The van der Waals surface area contributed by atoms with E-state index in [9.17, 15) is 4.79 Å². The fraction of sp³-hybridized carbons (Fsp3) is 0.348. The van der Waals surface area contributed by atoms with Gasteiger partial charge in [0.25, 0.3) is 5.56 Å². The average molecular weight is 425 g/mol. The van der Waals surface area contributed by atoms with E-state index in [0.717, 1.165) is 49.3 Å². The maximum Gasteiger partial charge on any atom is 0.251 e. The van der Waals surface area contributed by atoms with Crippen LogP contribution in [0.2, 0.25) is 5.02 Å². The van der Waals surface area contributed by atoms with Crippen LogP contribution in [0.1, 0.15) is 37.8 Å². The second-order valence-electron chi connectivity index (χ2n) is 7.44. The molecule has 3 aromatic rings. The van der Waals surface area contributed by atoms with E-state index in [2.05, 4.69) is 22.2 Å². The number of pyridine rings is 1. The van der Waals surface area contributed by atoms with Gasteiger partial charge in [-0.3, -0.25) is 4.79 Å². The molecule has 30 heavy (non-hydrogen) atoms. The van der Waals surface area contributed by atoms with Crippen LogP contribution in [0.15, 0.2) is 59.7 Å². The lowest BCUT2D eigenvalue weighted by Crippen LogP contribution is -2.28. The van der Waals surface area contributed by atoms with E-state index in [1.165, 1.54) is 0 Å². The Balaban J connectivity index is 1.58. The zero-order valence-electron chi connectivity index (χ0n) is 16.9. The Hall–Kier alpha value is -2.70. The Morgan fingerprint density at radius 1 is 1.23 bits per heavy atom. The maximum absolute atomic E-state index is 12.9. The van der Waals surface area contributed by atoms with Gasteiger partial charge >= 0.3 is 0 Å². The van der Waals surface area contributed by atoms with Crippen LogP contribution in [-0.2, 0) is 4.74 Å². The molecule has 0 spiro atoms. The van der Waals surface area contributed by atoms with Gasteiger partial charge in [-0.15, -0.1) is 0 Å². The van der Waals surface area contributed by atoms with Gasteiger partial charge in [0, 0.05) is 48.3 Å². The molecule has 0 unspecified atom stereocenters. The molecule has 4 rings (SSSR count). The Kier molecular flexibility index (Phi) is 6.45.